The van der Waals surface area contributed by atoms with E-state index in [0.717, 1.165) is 17.1 Å². The van der Waals surface area contributed by atoms with Crippen LogP contribution in [0.2, 0.25) is 0 Å². The van der Waals surface area contributed by atoms with Crippen LogP contribution in [0.5, 0.6) is 0 Å². The molecule has 0 aliphatic heterocycles. The minimum atomic E-state index is 0.442. The second-order valence-electron chi connectivity index (χ2n) is 8.74. The third-order valence-corrected chi connectivity index (χ3v) is 6.33. The number of pyridine rings is 1. The molecular weight excluding hydrogens is 344 g/mol. The Morgan fingerprint density at radius 3 is 2.79 bits per heavy atom. The van der Waals surface area contributed by atoms with Gasteiger partial charge in [0.1, 0.15) is 6.33 Å². The predicted molar refractivity (Wildman–Crippen MR) is 115 cm³/mol. The maximum atomic E-state index is 4.36. The zero-order valence-electron chi connectivity index (χ0n) is 17.0. The first-order valence-electron chi connectivity index (χ1n) is 10.5. The molecular formula is C24H28N4. The highest BCUT2D eigenvalue weighted by Gasteiger charge is 2.19. The van der Waals surface area contributed by atoms with Crippen molar-refractivity contribution in [1.82, 2.24) is 19.6 Å². The fraction of sp³-hybridized carbons (Fsp3) is 0.417. The van der Waals surface area contributed by atoms with E-state index in [0.29, 0.717) is 5.92 Å². The lowest BCUT2D eigenvalue weighted by Gasteiger charge is -2.11. The van der Waals surface area contributed by atoms with Crippen molar-refractivity contribution in [3.63, 3.8) is 0 Å². The average molecular weight is 373 g/mol. The summed E-state index contributed by atoms with van der Waals surface area (Å²) in [7, 11) is 0. The van der Waals surface area contributed by atoms with Crippen LogP contribution < -0.4 is 0 Å². The molecule has 0 spiro atoms. The molecule has 1 aromatic carbocycles. The SMILES string of the molecule is Cc1cc(-c2[nH]c3ccc(CC4CCCC4)cc3c2C(C)C)cn2ncnc12. The van der Waals surface area contributed by atoms with E-state index in [9.17, 15) is 0 Å². The Morgan fingerprint density at radius 2 is 2.00 bits per heavy atom. The van der Waals surface area contributed by atoms with Gasteiger partial charge in [0.2, 0.25) is 0 Å². The number of hydrogen-bond acceptors (Lipinski definition) is 2. The number of aryl methyl sites for hydroxylation is 1. The van der Waals surface area contributed by atoms with Crippen LogP contribution in [0, 0.1) is 12.8 Å². The van der Waals surface area contributed by atoms with E-state index in [1.54, 1.807) is 6.33 Å². The molecule has 0 radical (unpaired) electrons. The molecule has 3 aromatic heterocycles. The zero-order chi connectivity index (χ0) is 19.3. The van der Waals surface area contributed by atoms with Gasteiger partial charge in [-0.1, -0.05) is 45.6 Å². The van der Waals surface area contributed by atoms with Crippen LogP contribution in [0.15, 0.2) is 36.8 Å². The molecule has 0 atom stereocenters. The number of H-pyrrole nitrogens is 1. The van der Waals surface area contributed by atoms with Crippen molar-refractivity contribution in [2.45, 2.75) is 58.8 Å². The molecule has 4 aromatic rings. The van der Waals surface area contributed by atoms with Crippen LogP contribution in [-0.4, -0.2) is 19.6 Å². The van der Waals surface area contributed by atoms with Crippen LogP contribution >= 0.6 is 0 Å². The van der Waals surface area contributed by atoms with Crippen LogP contribution in [0.25, 0.3) is 27.8 Å². The van der Waals surface area contributed by atoms with Gasteiger partial charge in [0.25, 0.3) is 0 Å². The number of hydrogen-bond donors (Lipinski definition) is 1. The second-order valence-corrected chi connectivity index (χ2v) is 8.74. The van der Waals surface area contributed by atoms with Gasteiger partial charge in [0, 0.05) is 22.7 Å². The first-order valence-corrected chi connectivity index (χ1v) is 10.5. The lowest BCUT2D eigenvalue weighted by molar-refractivity contribution is 0.547. The summed E-state index contributed by atoms with van der Waals surface area (Å²) in [5.41, 5.74) is 8.56. The molecule has 1 aliphatic carbocycles. The molecule has 1 saturated carbocycles. The zero-order valence-corrected chi connectivity index (χ0v) is 17.0. The summed E-state index contributed by atoms with van der Waals surface area (Å²) in [6.07, 6.45) is 10.5. The minimum Gasteiger partial charge on any atom is -0.354 e. The molecule has 1 aliphatic rings. The molecule has 28 heavy (non-hydrogen) atoms. The van der Waals surface area contributed by atoms with E-state index in [1.807, 2.05) is 4.52 Å². The first-order chi connectivity index (χ1) is 13.6. The van der Waals surface area contributed by atoms with Crippen LogP contribution in [0.1, 0.15) is 62.1 Å². The van der Waals surface area contributed by atoms with Crippen molar-refractivity contribution in [2.24, 2.45) is 5.92 Å². The second kappa shape index (κ2) is 6.77. The lowest BCUT2D eigenvalue weighted by Crippen LogP contribution is -1.98. The monoisotopic (exact) mass is 372 g/mol. The number of aromatic amines is 1. The molecule has 0 saturated heterocycles. The van der Waals surface area contributed by atoms with Crippen molar-refractivity contribution < 1.29 is 0 Å². The summed E-state index contributed by atoms with van der Waals surface area (Å²) < 4.78 is 1.88. The van der Waals surface area contributed by atoms with Crippen LogP contribution in [-0.2, 0) is 6.42 Å². The fourth-order valence-electron chi connectivity index (χ4n) is 4.99. The predicted octanol–water partition coefficient (Wildman–Crippen LogP) is 6.04. The Labute approximate surface area is 166 Å². The molecule has 4 nitrogen and oxygen atoms in total. The summed E-state index contributed by atoms with van der Waals surface area (Å²) in [6.45, 7) is 6.68. The Balaban J connectivity index is 1.64. The van der Waals surface area contributed by atoms with Gasteiger partial charge < -0.3 is 4.98 Å². The van der Waals surface area contributed by atoms with Gasteiger partial charge >= 0.3 is 0 Å². The number of nitrogens with zero attached hydrogens (tertiary/aromatic N) is 3. The molecule has 1 N–H and O–H groups in total. The Bertz CT molecular complexity index is 1140. The van der Waals surface area contributed by atoms with Crippen molar-refractivity contribution >= 4 is 16.6 Å². The van der Waals surface area contributed by atoms with Crippen LogP contribution in [0.4, 0.5) is 0 Å². The molecule has 144 valence electrons. The van der Waals surface area contributed by atoms with Crippen LogP contribution in [0.3, 0.4) is 0 Å². The summed E-state index contributed by atoms with van der Waals surface area (Å²) in [5.74, 6) is 1.31. The Hall–Kier alpha value is -2.62. The molecule has 4 heteroatoms. The van der Waals surface area contributed by atoms with E-state index >= 15 is 0 Å². The standard InChI is InChI=1S/C24H28N4/c1-15(2)22-20-12-18(11-17-6-4-5-7-17)8-9-21(20)27-23(22)19-10-16(3)24-25-14-26-28(24)13-19/h8-10,12-15,17,27H,4-7,11H2,1-3H3. The summed E-state index contributed by atoms with van der Waals surface area (Å²) in [4.78, 5) is 8.06. The fourth-order valence-corrected chi connectivity index (χ4v) is 4.99. The highest BCUT2D eigenvalue weighted by Crippen LogP contribution is 2.37. The van der Waals surface area contributed by atoms with Crippen molar-refractivity contribution in [3.8, 4) is 11.3 Å². The normalized spacial score (nSPS) is 15.4. The van der Waals surface area contributed by atoms with Crippen molar-refractivity contribution in [2.75, 3.05) is 0 Å². The third kappa shape index (κ3) is 2.92. The minimum absolute atomic E-state index is 0.442. The number of aromatic nitrogens is 4. The highest BCUT2D eigenvalue weighted by atomic mass is 15.3. The smallest absolute Gasteiger partial charge is 0.158 e. The maximum Gasteiger partial charge on any atom is 0.158 e. The summed E-state index contributed by atoms with van der Waals surface area (Å²) in [5, 5.41) is 5.73. The van der Waals surface area contributed by atoms with Gasteiger partial charge in [0.05, 0.1) is 5.69 Å². The average Bonchev–Trinajstić information content (AvgIpc) is 3.40. The number of benzene rings is 1. The van der Waals surface area contributed by atoms with Gasteiger partial charge in [-0.15, -0.1) is 0 Å². The van der Waals surface area contributed by atoms with E-state index < -0.39 is 0 Å². The Morgan fingerprint density at radius 1 is 1.18 bits per heavy atom. The van der Waals surface area contributed by atoms with Gasteiger partial charge in [-0.2, -0.15) is 5.10 Å². The van der Waals surface area contributed by atoms with E-state index in [2.05, 4.69) is 66.3 Å². The molecule has 1 fully saturated rings. The molecule has 0 bridgehead atoms. The molecule has 0 unspecified atom stereocenters. The molecule has 0 amide bonds. The number of nitrogens with one attached hydrogen (secondary N) is 1. The summed E-state index contributed by atoms with van der Waals surface area (Å²) in [6, 6.07) is 9.25. The first kappa shape index (κ1) is 17.5. The highest BCUT2D eigenvalue weighted by molar-refractivity contribution is 5.92. The lowest BCUT2D eigenvalue weighted by atomic mass is 9.93. The van der Waals surface area contributed by atoms with Crippen molar-refractivity contribution in [3.05, 3.63) is 53.5 Å². The van der Waals surface area contributed by atoms with E-state index in [-0.39, 0.29) is 0 Å². The van der Waals surface area contributed by atoms with E-state index in [4.69, 9.17) is 0 Å². The topological polar surface area (TPSA) is 46.0 Å². The Kier molecular flexibility index (Phi) is 4.22. The maximum absolute atomic E-state index is 4.36. The molecule has 3 heterocycles. The number of rotatable bonds is 4. The van der Waals surface area contributed by atoms with Gasteiger partial charge in [-0.05, 0) is 60.1 Å². The largest absolute Gasteiger partial charge is 0.354 e. The summed E-state index contributed by atoms with van der Waals surface area (Å²) >= 11 is 0. The molecule has 5 rings (SSSR count). The third-order valence-electron chi connectivity index (χ3n) is 6.33. The quantitative estimate of drug-likeness (QED) is 0.474. The van der Waals surface area contributed by atoms with Gasteiger partial charge in [-0.25, -0.2) is 9.50 Å². The van der Waals surface area contributed by atoms with Crippen molar-refractivity contribution in [1.29, 1.82) is 0 Å². The van der Waals surface area contributed by atoms with Gasteiger partial charge in [0.15, 0.2) is 5.65 Å². The number of fused-ring (bicyclic) bond motifs is 2. The van der Waals surface area contributed by atoms with E-state index in [1.165, 1.54) is 65.4 Å². The van der Waals surface area contributed by atoms with Gasteiger partial charge in [-0.3, -0.25) is 0 Å².